The molecular formula is C16H17N3O. The van der Waals surface area contributed by atoms with Crippen LogP contribution in [0.15, 0.2) is 41.5 Å². The smallest absolute Gasteiger partial charge is 0.276 e. The summed E-state index contributed by atoms with van der Waals surface area (Å²) in [5, 5.41) is 0. The molecule has 0 spiro atoms. The van der Waals surface area contributed by atoms with Crippen molar-refractivity contribution in [2.75, 3.05) is 0 Å². The van der Waals surface area contributed by atoms with Gasteiger partial charge < -0.3 is 4.57 Å². The highest BCUT2D eigenvalue weighted by molar-refractivity contribution is 5.67. The molecule has 2 heterocycles. The van der Waals surface area contributed by atoms with Crippen molar-refractivity contribution in [3.05, 3.63) is 58.3 Å². The Morgan fingerprint density at radius 2 is 1.95 bits per heavy atom. The van der Waals surface area contributed by atoms with Crippen LogP contribution < -0.4 is 5.56 Å². The fourth-order valence-electron chi connectivity index (χ4n) is 2.59. The molecule has 4 nitrogen and oxygen atoms in total. The number of aryl methyl sites for hydroxylation is 3. The van der Waals surface area contributed by atoms with E-state index in [0.717, 1.165) is 23.5 Å². The van der Waals surface area contributed by atoms with Gasteiger partial charge in [-0.05, 0) is 18.9 Å². The summed E-state index contributed by atoms with van der Waals surface area (Å²) >= 11 is 0. The van der Waals surface area contributed by atoms with E-state index in [9.17, 15) is 4.79 Å². The molecule has 4 heteroatoms. The van der Waals surface area contributed by atoms with Gasteiger partial charge in [-0.1, -0.05) is 31.2 Å². The Morgan fingerprint density at radius 1 is 1.20 bits per heavy atom. The van der Waals surface area contributed by atoms with Gasteiger partial charge in [0.05, 0.1) is 5.69 Å². The van der Waals surface area contributed by atoms with Crippen molar-refractivity contribution in [2.45, 2.75) is 20.3 Å². The first-order valence-corrected chi connectivity index (χ1v) is 6.76. The molecule has 0 bridgehead atoms. The van der Waals surface area contributed by atoms with Gasteiger partial charge >= 0.3 is 0 Å². The summed E-state index contributed by atoms with van der Waals surface area (Å²) in [5.74, 6) is 0.840. The molecule has 102 valence electrons. The topological polar surface area (TPSA) is 39.3 Å². The first kappa shape index (κ1) is 12.7. The fourth-order valence-corrected chi connectivity index (χ4v) is 2.59. The van der Waals surface area contributed by atoms with Crippen molar-refractivity contribution >= 4 is 5.52 Å². The van der Waals surface area contributed by atoms with Crippen LogP contribution in [0.1, 0.15) is 18.2 Å². The van der Waals surface area contributed by atoms with Crippen LogP contribution in [-0.4, -0.2) is 14.0 Å². The van der Waals surface area contributed by atoms with E-state index < -0.39 is 0 Å². The summed E-state index contributed by atoms with van der Waals surface area (Å²) in [6, 6.07) is 8.20. The van der Waals surface area contributed by atoms with E-state index in [1.807, 2.05) is 29.7 Å². The molecule has 0 saturated heterocycles. The number of nitrogens with zero attached hydrogens (tertiary/aromatic N) is 3. The molecule has 0 atom stereocenters. The SMILES string of the molecule is CCc1ccccc1-c1nc(C)c2c(=O)n(C)ccn12. The molecule has 0 radical (unpaired) electrons. The van der Waals surface area contributed by atoms with Gasteiger partial charge in [0.1, 0.15) is 11.3 Å². The van der Waals surface area contributed by atoms with E-state index in [1.54, 1.807) is 17.8 Å². The predicted octanol–water partition coefficient (Wildman–Crippen LogP) is 2.57. The van der Waals surface area contributed by atoms with Gasteiger partial charge in [0.25, 0.3) is 5.56 Å². The second-order valence-corrected chi connectivity index (χ2v) is 4.96. The maximum Gasteiger partial charge on any atom is 0.276 e. The molecule has 0 aliphatic heterocycles. The molecule has 0 N–H and O–H groups in total. The molecule has 20 heavy (non-hydrogen) atoms. The minimum atomic E-state index is -0.0160. The fraction of sp³-hybridized carbons (Fsp3) is 0.250. The lowest BCUT2D eigenvalue weighted by molar-refractivity contribution is 0.846. The number of aromatic nitrogens is 3. The van der Waals surface area contributed by atoms with Gasteiger partial charge in [-0.15, -0.1) is 0 Å². The van der Waals surface area contributed by atoms with Crippen molar-refractivity contribution in [2.24, 2.45) is 7.05 Å². The molecule has 0 aliphatic rings. The van der Waals surface area contributed by atoms with Crippen molar-refractivity contribution in [3.63, 3.8) is 0 Å². The van der Waals surface area contributed by atoms with Gasteiger partial charge in [0.15, 0.2) is 0 Å². The van der Waals surface area contributed by atoms with Crippen LogP contribution >= 0.6 is 0 Å². The van der Waals surface area contributed by atoms with Crippen molar-refractivity contribution < 1.29 is 0 Å². The number of hydrogen-bond acceptors (Lipinski definition) is 2. The number of rotatable bonds is 2. The number of hydrogen-bond donors (Lipinski definition) is 0. The molecule has 1 aromatic carbocycles. The zero-order valence-corrected chi connectivity index (χ0v) is 11.9. The van der Waals surface area contributed by atoms with Crippen molar-refractivity contribution in [3.8, 4) is 11.4 Å². The summed E-state index contributed by atoms with van der Waals surface area (Å²) in [5.41, 5.74) is 3.73. The number of benzene rings is 1. The molecule has 3 aromatic rings. The maximum atomic E-state index is 12.3. The average Bonchev–Trinajstić information content (AvgIpc) is 2.80. The van der Waals surface area contributed by atoms with Crippen LogP contribution in [-0.2, 0) is 13.5 Å². The Labute approximate surface area is 117 Å². The van der Waals surface area contributed by atoms with E-state index in [1.165, 1.54) is 5.56 Å². The Balaban J connectivity index is 2.39. The Morgan fingerprint density at radius 3 is 2.70 bits per heavy atom. The van der Waals surface area contributed by atoms with Crippen LogP contribution in [0.25, 0.3) is 16.9 Å². The largest absolute Gasteiger partial charge is 0.315 e. The van der Waals surface area contributed by atoms with Crippen molar-refractivity contribution in [1.82, 2.24) is 14.0 Å². The summed E-state index contributed by atoms with van der Waals surface area (Å²) in [7, 11) is 1.76. The van der Waals surface area contributed by atoms with Crippen LogP contribution in [0.3, 0.4) is 0 Å². The molecule has 0 aliphatic carbocycles. The second kappa shape index (κ2) is 4.63. The lowest BCUT2D eigenvalue weighted by Gasteiger charge is -2.07. The molecule has 2 aromatic heterocycles. The normalized spacial score (nSPS) is 11.2. The maximum absolute atomic E-state index is 12.3. The predicted molar refractivity (Wildman–Crippen MR) is 80.0 cm³/mol. The highest BCUT2D eigenvalue weighted by Gasteiger charge is 2.15. The van der Waals surface area contributed by atoms with Gasteiger partial charge in [-0.25, -0.2) is 4.98 Å². The zero-order chi connectivity index (χ0) is 14.3. The molecular weight excluding hydrogens is 250 g/mol. The van der Waals surface area contributed by atoms with E-state index in [2.05, 4.69) is 24.0 Å². The molecule has 0 unspecified atom stereocenters. The monoisotopic (exact) mass is 267 g/mol. The van der Waals surface area contributed by atoms with E-state index in [0.29, 0.717) is 5.52 Å². The lowest BCUT2D eigenvalue weighted by Crippen LogP contribution is -2.18. The minimum Gasteiger partial charge on any atom is -0.315 e. The van der Waals surface area contributed by atoms with Crippen LogP contribution in [0.5, 0.6) is 0 Å². The minimum absolute atomic E-state index is 0.0160. The number of imidazole rings is 1. The Hall–Kier alpha value is -2.36. The summed E-state index contributed by atoms with van der Waals surface area (Å²) in [6.07, 6.45) is 4.61. The molecule has 3 rings (SSSR count). The second-order valence-electron chi connectivity index (χ2n) is 4.96. The third-order valence-electron chi connectivity index (χ3n) is 3.69. The van der Waals surface area contributed by atoms with Gasteiger partial charge in [0.2, 0.25) is 0 Å². The summed E-state index contributed by atoms with van der Waals surface area (Å²) in [4.78, 5) is 16.9. The highest BCUT2D eigenvalue weighted by atomic mass is 16.1. The van der Waals surface area contributed by atoms with Gasteiger partial charge in [0, 0.05) is 25.0 Å². The molecule has 0 fully saturated rings. The highest BCUT2D eigenvalue weighted by Crippen LogP contribution is 2.24. The van der Waals surface area contributed by atoms with E-state index in [4.69, 9.17) is 0 Å². The number of fused-ring (bicyclic) bond motifs is 1. The Bertz CT molecular complexity index is 843. The average molecular weight is 267 g/mol. The van der Waals surface area contributed by atoms with E-state index >= 15 is 0 Å². The molecule has 0 saturated carbocycles. The third-order valence-corrected chi connectivity index (χ3v) is 3.69. The van der Waals surface area contributed by atoms with Gasteiger partial charge in [-0.3, -0.25) is 9.20 Å². The summed E-state index contributed by atoms with van der Waals surface area (Å²) in [6.45, 7) is 4.01. The third kappa shape index (κ3) is 1.76. The van der Waals surface area contributed by atoms with E-state index in [-0.39, 0.29) is 5.56 Å². The van der Waals surface area contributed by atoms with Crippen molar-refractivity contribution in [1.29, 1.82) is 0 Å². The van der Waals surface area contributed by atoms with Crippen LogP contribution in [0, 0.1) is 6.92 Å². The summed E-state index contributed by atoms with van der Waals surface area (Å²) < 4.78 is 3.48. The van der Waals surface area contributed by atoms with Crippen LogP contribution in [0.4, 0.5) is 0 Å². The van der Waals surface area contributed by atoms with Gasteiger partial charge in [-0.2, -0.15) is 0 Å². The Kier molecular flexibility index (Phi) is 2.93. The standard InChI is InChI=1S/C16H17N3O/c1-4-12-7-5-6-8-13(12)15-17-11(2)14-16(20)18(3)9-10-19(14)15/h5-10H,4H2,1-3H3. The quantitative estimate of drug-likeness (QED) is 0.716. The van der Waals surface area contributed by atoms with Crippen LogP contribution in [0.2, 0.25) is 0 Å². The molecule has 0 amide bonds. The lowest BCUT2D eigenvalue weighted by atomic mass is 10.1. The first-order chi connectivity index (χ1) is 9.63. The first-order valence-electron chi connectivity index (χ1n) is 6.76. The zero-order valence-electron chi connectivity index (χ0n) is 11.9.